The van der Waals surface area contributed by atoms with Crippen molar-refractivity contribution in [1.82, 2.24) is 14.3 Å². The number of hydrogen-bond donors (Lipinski definition) is 0. The van der Waals surface area contributed by atoms with Crippen LogP contribution in [0.5, 0.6) is 0 Å². The molecular formula is C51H62ClN4Ru-2. The summed E-state index contributed by atoms with van der Waals surface area (Å²) in [5, 5.41) is 0. The number of nitrogens with zero attached hydrogens (tertiary/aromatic N) is 4. The van der Waals surface area contributed by atoms with Gasteiger partial charge in [0.25, 0.3) is 0 Å². The monoisotopic (exact) mass is 867 g/mol. The number of fused-ring (bicyclic) bond motifs is 1. The Labute approximate surface area is 356 Å². The second kappa shape index (κ2) is 18.9. The zero-order chi connectivity index (χ0) is 39.4. The van der Waals surface area contributed by atoms with Crippen LogP contribution < -0.4 is 9.38 Å². The topological polar surface area (TPSA) is 9.72 Å². The minimum atomic E-state index is -0.218. The molecule has 57 heavy (non-hydrogen) atoms. The van der Waals surface area contributed by atoms with E-state index in [-0.39, 0.29) is 23.1 Å². The van der Waals surface area contributed by atoms with Crippen LogP contribution in [0, 0.1) is 62.3 Å². The molecule has 0 spiro atoms. The van der Waals surface area contributed by atoms with E-state index < -0.39 is 0 Å². The molecule has 0 aromatic heterocycles. The third-order valence-electron chi connectivity index (χ3n) is 12.0. The van der Waals surface area contributed by atoms with Crippen molar-refractivity contribution in [2.24, 2.45) is 0 Å². The number of hydrogen-bond acceptors (Lipinski definition) is 3. The van der Waals surface area contributed by atoms with Crippen LogP contribution >= 0.6 is 9.69 Å². The number of quaternary nitrogens is 1. The van der Waals surface area contributed by atoms with Gasteiger partial charge < -0.3 is 26.6 Å². The number of aryl methyl sites for hydroxylation is 6. The first-order valence-corrected chi connectivity index (χ1v) is 23.6. The second-order valence-electron chi connectivity index (χ2n) is 16.5. The van der Waals surface area contributed by atoms with Crippen LogP contribution in [0.15, 0.2) is 110 Å². The van der Waals surface area contributed by atoms with Crippen LogP contribution in [0.2, 0.25) is 0 Å². The van der Waals surface area contributed by atoms with Crippen LogP contribution in [0.1, 0.15) is 101 Å². The molecule has 9 rings (SSSR count). The van der Waals surface area contributed by atoms with Crippen molar-refractivity contribution in [2.45, 2.75) is 105 Å². The first kappa shape index (κ1) is 42.8. The van der Waals surface area contributed by atoms with Gasteiger partial charge >= 0.3 is 112 Å². The van der Waals surface area contributed by atoms with Crippen molar-refractivity contribution >= 4 is 30.7 Å². The molecule has 1 atom stereocenters. The van der Waals surface area contributed by atoms with Crippen LogP contribution in [-0.4, -0.2) is 33.0 Å². The van der Waals surface area contributed by atoms with E-state index in [1.54, 1.807) is 0 Å². The molecule has 3 aliphatic carbocycles. The van der Waals surface area contributed by atoms with Gasteiger partial charge in [-0.2, -0.15) is 6.67 Å². The molecule has 4 aromatic carbocycles. The Balaban J connectivity index is 0.000000144. The van der Waals surface area contributed by atoms with E-state index >= 15 is 0 Å². The molecule has 0 bridgehead atoms. The Bertz CT molecular complexity index is 2090. The quantitative estimate of drug-likeness (QED) is 0.112. The number of anilines is 1. The van der Waals surface area contributed by atoms with Gasteiger partial charge in [0.15, 0.2) is 0 Å². The van der Waals surface area contributed by atoms with Crippen molar-refractivity contribution in [2.75, 3.05) is 11.9 Å². The first-order valence-electron chi connectivity index (χ1n) is 20.5. The third kappa shape index (κ3) is 9.59. The summed E-state index contributed by atoms with van der Waals surface area (Å²) in [5.74, 6) is 0. The van der Waals surface area contributed by atoms with Gasteiger partial charge in [-0.05, 0) is 97.4 Å². The van der Waals surface area contributed by atoms with E-state index in [2.05, 4.69) is 180 Å². The Morgan fingerprint density at radius 2 is 1.18 bits per heavy atom. The molecule has 0 saturated heterocycles. The normalized spacial score (nSPS) is 20.8. The molecule has 0 amide bonds. The van der Waals surface area contributed by atoms with E-state index in [0.29, 0.717) is 6.04 Å². The fourth-order valence-corrected chi connectivity index (χ4v) is 11.2. The summed E-state index contributed by atoms with van der Waals surface area (Å²) in [7, 11) is 8.38. The van der Waals surface area contributed by atoms with E-state index in [1.165, 1.54) is 122 Å². The van der Waals surface area contributed by atoms with Gasteiger partial charge in [-0.3, -0.25) is 0 Å². The van der Waals surface area contributed by atoms with Gasteiger partial charge in [0.2, 0.25) is 0 Å². The summed E-state index contributed by atoms with van der Waals surface area (Å²) in [5.41, 5.74) is 16.1. The number of halogens is 1. The zero-order valence-electron chi connectivity index (χ0n) is 35.4. The van der Waals surface area contributed by atoms with Crippen molar-refractivity contribution in [1.29, 1.82) is 0 Å². The molecule has 0 N–H and O–H groups in total. The molecule has 2 heterocycles. The summed E-state index contributed by atoms with van der Waals surface area (Å²) in [6.45, 7) is 17.9. The molecule has 5 aliphatic rings. The van der Waals surface area contributed by atoms with E-state index in [1.807, 2.05) is 6.07 Å². The first-order chi connectivity index (χ1) is 27.0. The fourth-order valence-electron chi connectivity index (χ4n) is 9.66. The Hall–Kier alpha value is -3.76. The van der Waals surface area contributed by atoms with Gasteiger partial charge in [0, 0.05) is 35.1 Å². The van der Waals surface area contributed by atoms with Crippen molar-refractivity contribution in [3.63, 3.8) is 0 Å². The Morgan fingerprint density at radius 3 is 1.75 bits per heavy atom. The molecule has 6 heteroatoms. The van der Waals surface area contributed by atoms with Gasteiger partial charge in [0.1, 0.15) is 5.69 Å². The number of allylic oxidation sites excluding steroid dienone is 1. The molecule has 2 saturated carbocycles. The van der Waals surface area contributed by atoms with Gasteiger partial charge in [0.05, 0.1) is 13.2 Å². The van der Waals surface area contributed by atoms with E-state index in [9.17, 15) is 0 Å². The van der Waals surface area contributed by atoms with Crippen LogP contribution in [0.25, 0.3) is 5.57 Å². The summed E-state index contributed by atoms with van der Waals surface area (Å²) < 4.78 is 2.10. The van der Waals surface area contributed by atoms with Crippen LogP contribution in [0.3, 0.4) is 0 Å². The summed E-state index contributed by atoms with van der Waals surface area (Å²) >= 11 is -0.218. The van der Waals surface area contributed by atoms with E-state index in [4.69, 9.17) is 9.69 Å². The predicted molar refractivity (Wildman–Crippen MR) is 243 cm³/mol. The SMILES string of the molecule is Cc1cc(C)c(N2C=CN(C3CCCC3)[CH-]2)c(C)c1.Cc1cc(C)c([N+]2(C)C=CN(C3CCCC3)[CH-]2)c(C)c1.[CH3-].[Cl][Ru]=[C]1C=C(c2ccccc2)c2ccccc21. The molecule has 2 aliphatic heterocycles. The van der Waals surface area contributed by atoms with Gasteiger partial charge in [-0.25, -0.2) is 0 Å². The van der Waals surface area contributed by atoms with Crippen LogP contribution in [-0.2, 0) is 15.7 Å². The number of benzene rings is 4. The summed E-state index contributed by atoms with van der Waals surface area (Å²) in [4.78, 5) is 7.12. The molecule has 2 fully saturated rings. The molecule has 4 aromatic rings. The maximum absolute atomic E-state index is 6.10. The molecular weight excluding hydrogens is 805 g/mol. The molecule has 303 valence electrons. The van der Waals surface area contributed by atoms with Crippen molar-refractivity contribution in [3.8, 4) is 0 Å². The zero-order valence-corrected chi connectivity index (χ0v) is 37.9. The third-order valence-corrected chi connectivity index (χ3v) is 13.9. The average Bonchev–Trinajstić information content (AvgIpc) is 4.02. The predicted octanol–water partition coefficient (Wildman–Crippen LogP) is 13.0. The molecule has 1 unspecified atom stereocenters. The Kier molecular flexibility index (Phi) is 14.2. The van der Waals surface area contributed by atoms with Gasteiger partial charge in [-0.1, -0.05) is 61.1 Å². The maximum atomic E-state index is 6.10. The van der Waals surface area contributed by atoms with Crippen LogP contribution in [0.4, 0.5) is 11.4 Å². The summed E-state index contributed by atoms with van der Waals surface area (Å²) in [6, 6.07) is 29.6. The molecule has 4 nitrogen and oxygen atoms in total. The Morgan fingerprint density at radius 1 is 0.649 bits per heavy atom. The van der Waals surface area contributed by atoms with Gasteiger partial charge in [-0.15, -0.1) is 0 Å². The standard InChI is InChI=1S/C18H26N2.C17H23N2.C15H10.CH3.ClH.Ru/c1-14-11-15(2)18(16(3)12-14)20(4)10-9-19(13-20)17-7-5-6-8-17;1-13-10-14(2)17(15(3)11-13)19-9-8-18(12-19)16-6-4-5-7-16;1-2-6-12(7-3-1)15-11-10-13-8-4-5-9-14(13)15;;;/h9-13,17H,5-8H2,1-4H3;8-12,16H,4-7H2,1-3H3;1-9,11H;1H3;1H;/q;-1;;-1;;+1/p-1. The van der Waals surface area contributed by atoms with E-state index in [0.717, 1.165) is 10.5 Å². The molecule has 0 radical (unpaired) electrons. The fraction of sp³-hybridized carbons (Fsp3) is 0.333. The number of rotatable bonds is 5. The second-order valence-corrected chi connectivity index (χ2v) is 18.6. The van der Waals surface area contributed by atoms with Crippen molar-refractivity contribution in [3.05, 3.63) is 181 Å². The van der Waals surface area contributed by atoms with Crippen molar-refractivity contribution < 1.29 is 15.7 Å². The summed E-state index contributed by atoms with van der Waals surface area (Å²) in [6.07, 6.45) is 22.2. The minimum absolute atomic E-state index is 0. The average molecular weight is 868 g/mol.